The molecule has 0 saturated carbocycles. The summed E-state index contributed by atoms with van der Waals surface area (Å²) in [6.45, 7) is 0.285. The SMILES string of the molecule is O=C1C(=Cc2ccc(OCc3ccc(F)cc3)cc2)C(=O)N(c2ccccc2)C(=S)N1c1ccccc1. The number of carbonyl (C=O) groups excluding carboxylic acids is 2. The van der Waals surface area contributed by atoms with Gasteiger partial charge in [0.1, 0.15) is 23.7 Å². The third-order valence-electron chi connectivity index (χ3n) is 5.79. The van der Waals surface area contributed by atoms with Gasteiger partial charge in [0.15, 0.2) is 5.11 Å². The van der Waals surface area contributed by atoms with Crippen molar-refractivity contribution in [3.63, 3.8) is 0 Å². The van der Waals surface area contributed by atoms with E-state index in [9.17, 15) is 14.0 Å². The van der Waals surface area contributed by atoms with Crippen LogP contribution in [-0.4, -0.2) is 16.9 Å². The summed E-state index contributed by atoms with van der Waals surface area (Å²) in [5, 5.41) is 0.0918. The Balaban J connectivity index is 1.44. The van der Waals surface area contributed by atoms with Crippen molar-refractivity contribution in [1.82, 2.24) is 0 Å². The van der Waals surface area contributed by atoms with E-state index in [0.717, 1.165) is 5.56 Å². The molecular formula is C30H21FN2O3S. The number of amides is 2. The highest BCUT2D eigenvalue weighted by Gasteiger charge is 2.41. The molecule has 182 valence electrons. The first-order chi connectivity index (χ1) is 18.0. The molecule has 5 nitrogen and oxygen atoms in total. The van der Waals surface area contributed by atoms with Crippen molar-refractivity contribution in [2.45, 2.75) is 6.61 Å². The van der Waals surface area contributed by atoms with Gasteiger partial charge in [-0.3, -0.25) is 19.4 Å². The number of ether oxygens (including phenoxy) is 1. The van der Waals surface area contributed by atoms with Gasteiger partial charge in [0.2, 0.25) is 0 Å². The normalized spacial score (nSPS) is 13.6. The van der Waals surface area contributed by atoms with Crippen LogP contribution in [0.4, 0.5) is 15.8 Å². The molecule has 1 heterocycles. The fourth-order valence-corrected chi connectivity index (χ4v) is 4.29. The molecule has 0 aromatic heterocycles. The molecule has 0 unspecified atom stereocenters. The standard InChI is InChI=1S/C30H21FN2O3S/c31-23-15-11-22(12-16-23)20-36-26-17-13-21(14-18-26)19-27-28(34)32(24-7-3-1-4-8-24)30(37)33(29(27)35)25-9-5-2-6-10-25/h1-19H,20H2. The van der Waals surface area contributed by atoms with Gasteiger partial charge in [-0.25, -0.2) is 4.39 Å². The molecule has 0 aliphatic carbocycles. The highest BCUT2D eigenvalue weighted by atomic mass is 32.1. The molecule has 0 radical (unpaired) electrons. The van der Waals surface area contributed by atoms with Crippen LogP contribution in [0.3, 0.4) is 0 Å². The van der Waals surface area contributed by atoms with Gasteiger partial charge in [0, 0.05) is 0 Å². The fraction of sp³-hybridized carbons (Fsp3) is 0.0333. The zero-order valence-corrected chi connectivity index (χ0v) is 20.4. The number of thiocarbonyl (C=S) groups is 1. The van der Waals surface area contributed by atoms with Gasteiger partial charge in [-0.05, 0) is 78.0 Å². The van der Waals surface area contributed by atoms with Gasteiger partial charge >= 0.3 is 0 Å². The van der Waals surface area contributed by atoms with E-state index < -0.39 is 11.8 Å². The van der Waals surface area contributed by atoms with Gasteiger partial charge in [0.25, 0.3) is 11.8 Å². The van der Waals surface area contributed by atoms with Gasteiger partial charge in [-0.2, -0.15) is 0 Å². The summed E-state index contributed by atoms with van der Waals surface area (Å²) in [5.41, 5.74) is 2.62. The maximum absolute atomic E-state index is 13.5. The highest BCUT2D eigenvalue weighted by molar-refractivity contribution is 7.81. The number of para-hydroxylation sites is 2. The second-order valence-electron chi connectivity index (χ2n) is 8.28. The van der Waals surface area contributed by atoms with Gasteiger partial charge in [0.05, 0.1) is 11.4 Å². The molecule has 0 N–H and O–H groups in total. The number of hydrogen-bond donors (Lipinski definition) is 0. The Morgan fingerprint density at radius 3 is 1.73 bits per heavy atom. The number of hydrogen-bond acceptors (Lipinski definition) is 4. The maximum atomic E-state index is 13.5. The Hall–Kier alpha value is -4.62. The lowest BCUT2D eigenvalue weighted by Crippen LogP contribution is -2.56. The largest absolute Gasteiger partial charge is 0.489 e. The van der Waals surface area contributed by atoms with Crippen LogP contribution in [0.2, 0.25) is 0 Å². The van der Waals surface area contributed by atoms with Crippen LogP contribution in [-0.2, 0) is 16.2 Å². The van der Waals surface area contributed by atoms with E-state index in [0.29, 0.717) is 22.7 Å². The Morgan fingerprint density at radius 1 is 0.703 bits per heavy atom. The molecule has 1 aliphatic rings. The molecule has 0 bridgehead atoms. The van der Waals surface area contributed by atoms with Crippen LogP contribution in [0, 0.1) is 5.82 Å². The maximum Gasteiger partial charge on any atom is 0.270 e. The van der Waals surface area contributed by atoms with Crippen LogP contribution in [0.1, 0.15) is 11.1 Å². The topological polar surface area (TPSA) is 49.9 Å². The van der Waals surface area contributed by atoms with E-state index in [4.69, 9.17) is 17.0 Å². The second-order valence-corrected chi connectivity index (χ2v) is 8.64. The van der Waals surface area contributed by atoms with Crippen LogP contribution in [0.15, 0.2) is 115 Å². The summed E-state index contributed by atoms with van der Waals surface area (Å²) >= 11 is 5.62. The first-order valence-electron chi connectivity index (χ1n) is 11.5. The Labute approximate surface area is 219 Å². The average molecular weight is 509 g/mol. The van der Waals surface area contributed by atoms with Gasteiger partial charge in [-0.15, -0.1) is 0 Å². The zero-order chi connectivity index (χ0) is 25.8. The highest BCUT2D eigenvalue weighted by Crippen LogP contribution is 2.30. The first-order valence-corrected chi connectivity index (χ1v) is 11.9. The van der Waals surface area contributed by atoms with Crippen molar-refractivity contribution < 1.29 is 18.7 Å². The zero-order valence-electron chi connectivity index (χ0n) is 19.6. The predicted molar refractivity (Wildman–Crippen MR) is 146 cm³/mol. The molecule has 37 heavy (non-hydrogen) atoms. The minimum Gasteiger partial charge on any atom is -0.489 e. The molecule has 2 amide bonds. The lowest BCUT2D eigenvalue weighted by Gasteiger charge is -2.36. The quantitative estimate of drug-likeness (QED) is 0.178. The first kappa shape index (κ1) is 24.1. The minimum atomic E-state index is -0.495. The van der Waals surface area contributed by atoms with Crippen LogP contribution >= 0.6 is 12.2 Å². The Kier molecular flexibility index (Phi) is 6.87. The molecule has 4 aromatic carbocycles. The molecule has 0 spiro atoms. The molecule has 4 aromatic rings. The van der Waals surface area contributed by atoms with E-state index in [2.05, 4.69) is 0 Å². The van der Waals surface area contributed by atoms with Crippen molar-refractivity contribution in [1.29, 1.82) is 0 Å². The third kappa shape index (κ3) is 5.17. The molecule has 7 heteroatoms. The van der Waals surface area contributed by atoms with Crippen LogP contribution in [0.25, 0.3) is 6.08 Å². The van der Waals surface area contributed by atoms with Gasteiger partial charge in [-0.1, -0.05) is 60.7 Å². The molecule has 1 aliphatic heterocycles. The second kappa shape index (κ2) is 10.6. The Morgan fingerprint density at radius 2 is 1.22 bits per heavy atom. The number of nitrogens with zero attached hydrogens (tertiary/aromatic N) is 2. The lowest BCUT2D eigenvalue weighted by molar-refractivity contribution is -0.120. The van der Waals surface area contributed by atoms with E-state index >= 15 is 0 Å². The van der Waals surface area contributed by atoms with Gasteiger partial charge < -0.3 is 4.74 Å². The van der Waals surface area contributed by atoms with E-state index in [1.54, 1.807) is 66.7 Å². The van der Waals surface area contributed by atoms with Crippen molar-refractivity contribution in [2.24, 2.45) is 0 Å². The molecule has 1 fully saturated rings. The number of carbonyl (C=O) groups is 2. The molecule has 0 atom stereocenters. The summed E-state index contributed by atoms with van der Waals surface area (Å²) in [6.07, 6.45) is 1.56. The molecule has 1 saturated heterocycles. The van der Waals surface area contributed by atoms with E-state index in [1.165, 1.54) is 21.9 Å². The molecule has 5 rings (SSSR count). The fourth-order valence-electron chi connectivity index (χ4n) is 3.91. The summed E-state index contributed by atoms with van der Waals surface area (Å²) in [7, 11) is 0. The Bertz CT molecular complexity index is 1410. The number of anilines is 2. The monoisotopic (exact) mass is 508 g/mol. The summed E-state index contributed by atoms with van der Waals surface area (Å²) < 4.78 is 18.9. The van der Waals surface area contributed by atoms with Crippen molar-refractivity contribution in [3.05, 3.63) is 132 Å². The van der Waals surface area contributed by atoms with Crippen molar-refractivity contribution in [2.75, 3.05) is 9.80 Å². The van der Waals surface area contributed by atoms with Crippen LogP contribution in [0.5, 0.6) is 5.75 Å². The minimum absolute atomic E-state index is 0.0127. The number of rotatable bonds is 6. The lowest BCUT2D eigenvalue weighted by atomic mass is 10.0. The van der Waals surface area contributed by atoms with E-state index in [1.807, 2.05) is 36.4 Å². The van der Waals surface area contributed by atoms with Crippen molar-refractivity contribution in [3.8, 4) is 5.75 Å². The molecular weight excluding hydrogens is 487 g/mol. The summed E-state index contributed by atoms with van der Waals surface area (Å²) in [5.74, 6) is -0.689. The summed E-state index contributed by atoms with van der Waals surface area (Å²) in [4.78, 5) is 29.8. The smallest absolute Gasteiger partial charge is 0.270 e. The van der Waals surface area contributed by atoms with Crippen molar-refractivity contribution >= 4 is 46.6 Å². The van der Waals surface area contributed by atoms with Crippen LogP contribution < -0.4 is 14.5 Å². The number of halogens is 1. The number of benzene rings is 4. The average Bonchev–Trinajstić information content (AvgIpc) is 2.93. The predicted octanol–water partition coefficient (Wildman–Crippen LogP) is 6.15. The third-order valence-corrected chi connectivity index (χ3v) is 6.15. The van der Waals surface area contributed by atoms with E-state index in [-0.39, 0.29) is 23.1 Å². The summed E-state index contributed by atoms with van der Waals surface area (Å²) in [6, 6.07) is 31.1.